The molecule has 2 N–H and O–H groups in total. The third-order valence-electron chi connectivity index (χ3n) is 3.13. The van der Waals surface area contributed by atoms with Crippen molar-refractivity contribution in [2.45, 2.75) is 13.8 Å². The van der Waals surface area contributed by atoms with Crippen molar-refractivity contribution in [2.24, 2.45) is 0 Å². The second kappa shape index (κ2) is 6.81. The molecule has 0 aliphatic carbocycles. The van der Waals surface area contributed by atoms with E-state index in [-0.39, 0.29) is 10.7 Å². The number of carbonyl (C=O) groups is 2. The van der Waals surface area contributed by atoms with E-state index < -0.39 is 11.8 Å². The molecule has 0 radical (unpaired) electrons. The molecule has 22 heavy (non-hydrogen) atoms. The van der Waals surface area contributed by atoms with E-state index in [1.165, 1.54) is 0 Å². The van der Waals surface area contributed by atoms with Crippen LogP contribution >= 0.6 is 23.2 Å². The third-order valence-corrected chi connectivity index (χ3v) is 3.94. The van der Waals surface area contributed by atoms with E-state index in [9.17, 15) is 9.59 Å². The lowest BCUT2D eigenvalue weighted by Gasteiger charge is -2.12. The monoisotopic (exact) mass is 336 g/mol. The van der Waals surface area contributed by atoms with Crippen LogP contribution in [-0.4, -0.2) is 11.8 Å². The summed E-state index contributed by atoms with van der Waals surface area (Å²) >= 11 is 11.8. The average molecular weight is 337 g/mol. The van der Waals surface area contributed by atoms with Gasteiger partial charge in [-0.25, -0.2) is 0 Å². The van der Waals surface area contributed by atoms with Gasteiger partial charge in [-0.2, -0.15) is 0 Å². The lowest BCUT2D eigenvalue weighted by Crippen LogP contribution is -2.29. The summed E-state index contributed by atoms with van der Waals surface area (Å²) in [6, 6.07) is 10.4. The molecule has 2 rings (SSSR count). The zero-order valence-corrected chi connectivity index (χ0v) is 13.5. The van der Waals surface area contributed by atoms with Crippen molar-refractivity contribution < 1.29 is 9.59 Å². The van der Waals surface area contributed by atoms with E-state index in [2.05, 4.69) is 10.6 Å². The van der Waals surface area contributed by atoms with Gasteiger partial charge in [-0.15, -0.1) is 0 Å². The molecule has 2 aromatic rings. The largest absolute Gasteiger partial charge is 0.317 e. The molecular formula is C16H14Cl2N2O2. The maximum atomic E-state index is 12.0. The number of benzene rings is 2. The first-order valence-corrected chi connectivity index (χ1v) is 7.28. The van der Waals surface area contributed by atoms with E-state index in [4.69, 9.17) is 23.2 Å². The zero-order chi connectivity index (χ0) is 16.3. The van der Waals surface area contributed by atoms with Gasteiger partial charge in [0, 0.05) is 5.69 Å². The van der Waals surface area contributed by atoms with Gasteiger partial charge in [0.2, 0.25) is 0 Å². The van der Waals surface area contributed by atoms with Crippen molar-refractivity contribution >= 4 is 46.4 Å². The molecule has 0 aliphatic heterocycles. The Kier molecular flexibility index (Phi) is 5.06. The van der Waals surface area contributed by atoms with Crippen molar-refractivity contribution in [1.29, 1.82) is 0 Å². The van der Waals surface area contributed by atoms with Crippen LogP contribution < -0.4 is 10.6 Å². The molecule has 0 saturated heterocycles. The number of amides is 2. The standard InChI is InChI=1S/C16H14Cl2N2O2/c1-9-5-3-6-10(2)14(9)20-16(22)15(21)19-12-8-4-7-11(17)13(12)18/h3-8H,1-2H3,(H,19,21)(H,20,22). The van der Waals surface area contributed by atoms with Crippen LogP contribution in [0.2, 0.25) is 10.0 Å². The van der Waals surface area contributed by atoms with Gasteiger partial charge < -0.3 is 10.6 Å². The smallest absolute Gasteiger partial charge is 0.314 e. The van der Waals surface area contributed by atoms with E-state index in [1.54, 1.807) is 18.2 Å². The summed E-state index contributed by atoms with van der Waals surface area (Å²) in [5, 5.41) is 5.54. The first-order valence-electron chi connectivity index (χ1n) is 6.52. The molecule has 6 heteroatoms. The minimum absolute atomic E-state index is 0.192. The van der Waals surface area contributed by atoms with Gasteiger partial charge in [-0.3, -0.25) is 9.59 Å². The van der Waals surface area contributed by atoms with E-state index in [0.29, 0.717) is 10.7 Å². The van der Waals surface area contributed by atoms with Crippen LogP contribution in [0, 0.1) is 13.8 Å². The van der Waals surface area contributed by atoms with Crippen molar-refractivity contribution in [3.05, 3.63) is 57.6 Å². The molecular weight excluding hydrogens is 323 g/mol. The van der Waals surface area contributed by atoms with Crippen LogP contribution in [-0.2, 0) is 9.59 Å². The number of halogens is 2. The maximum absolute atomic E-state index is 12.0. The van der Waals surface area contributed by atoms with Crippen LogP contribution in [0.25, 0.3) is 0 Å². The molecule has 0 aliphatic rings. The van der Waals surface area contributed by atoms with Crippen molar-refractivity contribution in [2.75, 3.05) is 10.6 Å². The molecule has 0 spiro atoms. The topological polar surface area (TPSA) is 58.2 Å². The first-order chi connectivity index (χ1) is 10.4. The SMILES string of the molecule is Cc1cccc(C)c1NC(=O)C(=O)Nc1cccc(Cl)c1Cl. The van der Waals surface area contributed by atoms with Gasteiger partial charge in [0.1, 0.15) is 0 Å². The molecule has 0 unspecified atom stereocenters. The van der Waals surface area contributed by atoms with E-state index in [1.807, 2.05) is 32.0 Å². The third kappa shape index (κ3) is 3.59. The average Bonchev–Trinajstić information content (AvgIpc) is 2.47. The molecule has 0 saturated carbocycles. The highest BCUT2D eigenvalue weighted by atomic mass is 35.5. The molecule has 0 aromatic heterocycles. The predicted molar refractivity (Wildman–Crippen MR) is 89.6 cm³/mol. The van der Waals surface area contributed by atoms with Gasteiger partial charge in [0.15, 0.2) is 0 Å². The molecule has 0 heterocycles. The van der Waals surface area contributed by atoms with Gasteiger partial charge >= 0.3 is 11.8 Å². The minimum atomic E-state index is -0.813. The molecule has 2 aromatic carbocycles. The van der Waals surface area contributed by atoms with Crippen LogP contribution in [0.5, 0.6) is 0 Å². The Morgan fingerprint density at radius 1 is 0.864 bits per heavy atom. The number of aryl methyl sites for hydroxylation is 2. The number of carbonyl (C=O) groups excluding carboxylic acids is 2. The summed E-state index contributed by atoms with van der Waals surface area (Å²) in [5.74, 6) is -1.58. The van der Waals surface area contributed by atoms with E-state index >= 15 is 0 Å². The number of para-hydroxylation sites is 1. The molecule has 4 nitrogen and oxygen atoms in total. The Labute approximate surface area is 138 Å². The Balaban J connectivity index is 2.13. The number of anilines is 2. The molecule has 0 fully saturated rings. The lowest BCUT2D eigenvalue weighted by molar-refractivity contribution is -0.133. The Morgan fingerprint density at radius 2 is 1.41 bits per heavy atom. The van der Waals surface area contributed by atoms with Crippen LogP contribution in [0.15, 0.2) is 36.4 Å². The molecule has 2 amide bonds. The van der Waals surface area contributed by atoms with Crippen LogP contribution in [0.3, 0.4) is 0 Å². The Morgan fingerprint density at radius 3 is 2.05 bits per heavy atom. The van der Waals surface area contributed by atoms with Crippen LogP contribution in [0.1, 0.15) is 11.1 Å². The van der Waals surface area contributed by atoms with Gasteiger partial charge in [-0.05, 0) is 37.1 Å². The summed E-state index contributed by atoms with van der Waals surface area (Å²) < 4.78 is 0. The molecule has 114 valence electrons. The normalized spacial score (nSPS) is 10.2. The summed E-state index contributed by atoms with van der Waals surface area (Å²) in [7, 11) is 0. The number of hydrogen-bond acceptors (Lipinski definition) is 2. The first kappa shape index (κ1) is 16.3. The van der Waals surface area contributed by atoms with Crippen molar-refractivity contribution in [3.63, 3.8) is 0 Å². The quantitative estimate of drug-likeness (QED) is 0.808. The second-order valence-corrected chi connectivity index (χ2v) is 5.56. The fraction of sp³-hybridized carbons (Fsp3) is 0.125. The van der Waals surface area contributed by atoms with E-state index in [0.717, 1.165) is 11.1 Å². The minimum Gasteiger partial charge on any atom is -0.317 e. The van der Waals surface area contributed by atoms with Gasteiger partial charge in [0.25, 0.3) is 0 Å². The predicted octanol–water partition coefficient (Wildman–Crippen LogP) is 4.19. The fourth-order valence-corrected chi connectivity index (χ4v) is 2.31. The lowest BCUT2D eigenvalue weighted by atomic mass is 10.1. The molecule has 0 bridgehead atoms. The Bertz CT molecular complexity index is 725. The second-order valence-electron chi connectivity index (χ2n) is 4.78. The highest BCUT2D eigenvalue weighted by Crippen LogP contribution is 2.29. The summed E-state index contributed by atoms with van der Waals surface area (Å²) in [5.41, 5.74) is 2.67. The summed E-state index contributed by atoms with van der Waals surface area (Å²) in [6.07, 6.45) is 0. The fourth-order valence-electron chi connectivity index (χ4n) is 1.96. The summed E-state index contributed by atoms with van der Waals surface area (Å²) in [6.45, 7) is 3.71. The van der Waals surface area contributed by atoms with Crippen LogP contribution in [0.4, 0.5) is 11.4 Å². The number of nitrogens with one attached hydrogen (secondary N) is 2. The van der Waals surface area contributed by atoms with Gasteiger partial charge in [0.05, 0.1) is 15.7 Å². The summed E-state index contributed by atoms with van der Waals surface area (Å²) in [4.78, 5) is 24.0. The number of hydrogen-bond donors (Lipinski definition) is 2. The highest BCUT2D eigenvalue weighted by Gasteiger charge is 2.17. The van der Waals surface area contributed by atoms with Crippen molar-refractivity contribution in [1.82, 2.24) is 0 Å². The molecule has 0 atom stereocenters. The highest BCUT2D eigenvalue weighted by molar-refractivity contribution is 6.47. The number of rotatable bonds is 2. The van der Waals surface area contributed by atoms with Crippen molar-refractivity contribution in [3.8, 4) is 0 Å². The maximum Gasteiger partial charge on any atom is 0.314 e. The van der Waals surface area contributed by atoms with Gasteiger partial charge in [-0.1, -0.05) is 47.5 Å². The zero-order valence-electron chi connectivity index (χ0n) is 12.0. The Hall–Kier alpha value is -2.04.